The number of halogens is 1. The summed E-state index contributed by atoms with van der Waals surface area (Å²) in [6, 6.07) is 2.59. The number of carbonyl (C=O) groups excluding carboxylic acids is 1. The molecule has 0 bridgehead atoms. The van der Waals surface area contributed by atoms with Gasteiger partial charge in [-0.1, -0.05) is 0 Å². The zero-order valence-corrected chi connectivity index (χ0v) is 17.4. The van der Waals surface area contributed by atoms with Gasteiger partial charge < -0.3 is 5.32 Å². The van der Waals surface area contributed by atoms with Gasteiger partial charge in [0.2, 0.25) is 5.91 Å². The molecule has 0 aliphatic heterocycles. The zero-order valence-electron chi connectivity index (χ0n) is 14.2. The second-order valence-electron chi connectivity index (χ2n) is 5.76. The van der Waals surface area contributed by atoms with Crippen LogP contribution in [0.5, 0.6) is 0 Å². The summed E-state index contributed by atoms with van der Waals surface area (Å²) >= 11 is 5.49. The maximum absolute atomic E-state index is 12.0. The zero-order chi connectivity index (χ0) is 22.2. The molecule has 0 radical (unpaired) electrons. The average molecular weight is 488 g/mol. The number of rotatable bonds is 7. The molecule has 0 atom stereocenters. The van der Waals surface area contributed by atoms with Crippen molar-refractivity contribution in [1.82, 2.24) is 0 Å². The Morgan fingerprint density at radius 2 is 1.38 bits per heavy atom. The molecule has 160 valence electrons. The number of amides is 1. The van der Waals surface area contributed by atoms with Crippen LogP contribution >= 0.6 is 11.6 Å². The maximum atomic E-state index is 12.0. The normalized spacial score (nSPS) is 12.8. The SMILES string of the molecule is O=C(CCCCl)Nc1cc(S(=O)(=O)O)cc2cc(S(=O)(=O)O)cc(S(=O)(=O)O)c12. The van der Waals surface area contributed by atoms with Crippen LogP contribution < -0.4 is 5.32 Å². The van der Waals surface area contributed by atoms with Gasteiger partial charge in [0.1, 0.15) is 4.90 Å². The number of alkyl halides is 1. The Kier molecular flexibility index (Phi) is 6.59. The first kappa shape index (κ1) is 23.5. The van der Waals surface area contributed by atoms with E-state index in [1.54, 1.807) is 0 Å². The van der Waals surface area contributed by atoms with Crippen molar-refractivity contribution in [2.45, 2.75) is 27.5 Å². The first-order chi connectivity index (χ1) is 13.1. The lowest BCUT2D eigenvalue weighted by Crippen LogP contribution is -2.14. The highest BCUT2D eigenvalue weighted by Gasteiger charge is 2.25. The van der Waals surface area contributed by atoms with Crippen molar-refractivity contribution < 1.29 is 43.7 Å². The number of hydrogen-bond donors (Lipinski definition) is 4. The molecule has 4 N–H and O–H groups in total. The van der Waals surface area contributed by atoms with Crippen molar-refractivity contribution >= 4 is 64.3 Å². The molecule has 0 saturated heterocycles. The molecule has 0 aromatic heterocycles. The van der Waals surface area contributed by atoms with Crippen LogP contribution in [-0.2, 0) is 35.1 Å². The lowest BCUT2D eigenvalue weighted by atomic mass is 10.1. The number of hydrogen-bond acceptors (Lipinski definition) is 7. The highest BCUT2D eigenvalue weighted by atomic mass is 35.5. The van der Waals surface area contributed by atoms with Crippen LogP contribution in [-0.4, -0.2) is 50.7 Å². The van der Waals surface area contributed by atoms with Gasteiger partial charge in [0.25, 0.3) is 30.4 Å². The molecule has 0 aliphatic rings. The summed E-state index contributed by atoms with van der Waals surface area (Å²) in [5, 5.41) is 1.38. The molecule has 0 aliphatic carbocycles. The van der Waals surface area contributed by atoms with E-state index in [0.29, 0.717) is 18.2 Å². The third-order valence-corrected chi connectivity index (χ3v) is 6.45. The Morgan fingerprint density at radius 1 is 0.862 bits per heavy atom. The van der Waals surface area contributed by atoms with Gasteiger partial charge in [-0.15, -0.1) is 11.6 Å². The largest absolute Gasteiger partial charge is 0.325 e. The number of carbonyl (C=O) groups is 1. The van der Waals surface area contributed by atoms with E-state index in [0.717, 1.165) is 6.07 Å². The van der Waals surface area contributed by atoms with Crippen molar-refractivity contribution in [3.05, 3.63) is 24.3 Å². The molecule has 1 amide bonds. The minimum absolute atomic E-state index is 0.120. The average Bonchev–Trinajstić information content (AvgIpc) is 2.56. The van der Waals surface area contributed by atoms with E-state index in [2.05, 4.69) is 5.32 Å². The van der Waals surface area contributed by atoms with Crippen LogP contribution in [0.3, 0.4) is 0 Å². The molecule has 0 unspecified atom stereocenters. The number of fused-ring (bicyclic) bond motifs is 1. The number of benzene rings is 2. The standard InChI is InChI=1S/C14H14ClNO10S3/c15-3-1-2-13(17)16-11-6-9(27(18,19)20)4-8-5-10(28(21,22)23)7-12(14(8)11)29(24,25)26/h4-7H,1-3H2,(H,16,17)(H,18,19,20)(H,21,22,23)(H,24,25,26). The molecule has 0 fully saturated rings. The van der Waals surface area contributed by atoms with Crippen LogP contribution in [0.25, 0.3) is 10.8 Å². The van der Waals surface area contributed by atoms with Crippen LogP contribution in [0.4, 0.5) is 5.69 Å². The van der Waals surface area contributed by atoms with Crippen molar-refractivity contribution in [1.29, 1.82) is 0 Å². The number of nitrogens with one attached hydrogen (secondary N) is 1. The lowest BCUT2D eigenvalue weighted by molar-refractivity contribution is -0.116. The highest BCUT2D eigenvalue weighted by Crippen LogP contribution is 2.35. The fourth-order valence-corrected chi connectivity index (χ4v) is 4.52. The van der Waals surface area contributed by atoms with Gasteiger partial charge in [0.05, 0.1) is 15.5 Å². The molecular weight excluding hydrogens is 474 g/mol. The Hall–Kier alpha value is -1.81. The van der Waals surface area contributed by atoms with E-state index in [4.69, 9.17) is 11.6 Å². The molecule has 29 heavy (non-hydrogen) atoms. The second-order valence-corrected chi connectivity index (χ2v) is 10.4. The van der Waals surface area contributed by atoms with Crippen molar-refractivity contribution in [3.63, 3.8) is 0 Å². The maximum Gasteiger partial charge on any atom is 0.295 e. The molecule has 11 nitrogen and oxygen atoms in total. The molecule has 15 heteroatoms. The summed E-state index contributed by atoms with van der Waals surface area (Å²) < 4.78 is 97.6. The van der Waals surface area contributed by atoms with Crippen molar-refractivity contribution in [2.24, 2.45) is 0 Å². The second kappa shape index (κ2) is 8.14. The van der Waals surface area contributed by atoms with Gasteiger partial charge >= 0.3 is 0 Å². The summed E-state index contributed by atoms with van der Waals surface area (Å²) in [6.07, 6.45) is 0.118. The van der Waals surface area contributed by atoms with Gasteiger partial charge in [0, 0.05) is 17.7 Å². The van der Waals surface area contributed by atoms with E-state index in [9.17, 15) is 43.7 Å². The highest BCUT2D eigenvalue weighted by molar-refractivity contribution is 7.87. The summed E-state index contributed by atoms with van der Waals surface area (Å²) in [4.78, 5) is 9.25. The smallest absolute Gasteiger partial charge is 0.295 e. The summed E-state index contributed by atoms with van der Waals surface area (Å²) in [6.45, 7) is 0. The molecule has 2 rings (SSSR count). The Bertz CT molecular complexity index is 1300. The Morgan fingerprint density at radius 3 is 1.83 bits per heavy atom. The van der Waals surface area contributed by atoms with E-state index in [1.807, 2.05) is 0 Å². The molecule has 0 heterocycles. The van der Waals surface area contributed by atoms with Crippen LogP contribution in [0.15, 0.2) is 39.0 Å². The minimum Gasteiger partial charge on any atom is -0.325 e. The number of anilines is 1. The van der Waals surface area contributed by atoms with E-state index in [-0.39, 0.29) is 18.7 Å². The van der Waals surface area contributed by atoms with Gasteiger partial charge in [0.15, 0.2) is 0 Å². The van der Waals surface area contributed by atoms with Gasteiger partial charge in [-0.05, 0) is 36.1 Å². The van der Waals surface area contributed by atoms with E-state index in [1.165, 1.54) is 0 Å². The van der Waals surface area contributed by atoms with Crippen molar-refractivity contribution in [2.75, 3.05) is 11.2 Å². The van der Waals surface area contributed by atoms with Crippen LogP contribution in [0.2, 0.25) is 0 Å². The van der Waals surface area contributed by atoms with E-state index < -0.39 is 67.4 Å². The monoisotopic (exact) mass is 487 g/mol. The minimum atomic E-state index is -5.10. The summed E-state index contributed by atoms with van der Waals surface area (Å²) in [5.41, 5.74) is -0.441. The summed E-state index contributed by atoms with van der Waals surface area (Å²) in [7, 11) is -14.9. The fraction of sp³-hybridized carbons (Fsp3) is 0.214. The molecule has 2 aromatic rings. The molecule has 2 aromatic carbocycles. The lowest BCUT2D eigenvalue weighted by Gasteiger charge is -2.14. The molecule has 0 saturated carbocycles. The predicted molar refractivity (Wildman–Crippen MR) is 102 cm³/mol. The first-order valence-corrected chi connectivity index (χ1v) is 12.4. The fourth-order valence-electron chi connectivity index (χ4n) is 2.46. The van der Waals surface area contributed by atoms with E-state index >= 15 is 0 Å². The van der Waals surface area contributed by atoms with Gasteiger partial charge in [-0.3, -0.25) is 18.5 Å². The predicted octanol–water partition coefficient (Wildman–Crippen LogP) is 1.54. The van der Waals surface area contributed by atoms with Gasteiger partial charge in [-0.25, -0.2) is 0 Å². The topological polar surface area (TPSA) is 192 Å². The van der Waals surface area contributed by atoms with Crippen LogP contribution in [0.1, 0.15) is 12.8 Å². The third-order valence-electron chi connectivity index (χ3n) is 3.65. The van der Waals surface area contributed by atoms with Crippen LogP contribution in [0, 0.1) is 0 Å². The quantitative estimate of drug-likeness (QED) is 0.328. The van der Waals surface area contributed by atoms with Crippen molar-refractivity contribution in [3.8, 4) is 0 Å². The first-order valence-electron chi connectivity index (χ1n) is 7.54. The third kappa shape index (κ3) is 5.63. The summed E-state index contributed by atoms with van der Waals surface area (Å²) in [5.74, 6) is -0.563. The van der Waals surface area contributed by atoms with Gasteiger partial charge in [-0.2, -0.15) is 25.3 Å². The Balaban J connectivity index is 2.97. The molecule has 0 spiro atoms. The Labute approximate surface area is 170 Å². The molecular formula is C14H14ClNO10S3.